The van der Waals surface area contributed by atoms with Crippen molar-refractivity contribution in [3.63, 3.8) is 0 Å². The molecule has 7 heteroatoms. The Morgan fingerprint density at radius 2 is 2.11 bits per heavy atom. The summed E-state index contributed by atoms with van der Waals surface area (Å²) in [6.07, 6.45) is 0.808. The molecule has 1 aliphatic heterocycles. The Balaban J connectivity index is 2.65. The predicted molar refractivity (Wildman–Crippen MR) is 71.4 cm³/mol. The molecular weight excluding hydrogens is 270 g/mol. The maximum atomic E-state index is 12.1. The van der Waals surface area contributed by atoms with Crippen LogP contribution >= 0.6 is 0 Å². The Labute approximate surface area is 114 Å². The molecule has 0 aromatic carbocycles. The van der Waals surface area contributed by atoms with Crippen LogP contribution in [0.1, 0.15) is 33.6 Å². The molecule has 1 rings (SSSR count). The van der Waals surface area contributed by atoms with Crippen LogP contribution in [0, 0.1) is 5.41 Å². The van der Waals surface area contributed by atoms with Crippen LogP contribution in [0.5, 0.6) is 0 Å². The second kappa shape index (κ2) is 6.19. The van der Waals surface area contributed by atoms with Gasteiger partial charge in [-0.3, -0.25) is 4.79 Å². The van der Waals surface area contributed by atoms with Crippen LogP contribution in [0.25, 0.3) is 0 Å². The Hall–Kier alpha value is -0.660. The van der Waals surface area contributed by atoms with Gasteiger partial charge in [-0.2, -0.15) is 0 Å². The maximum Gasteiger partial charge on any atom is 0.311 e. The number of rotatable bonds is 7. The summed E-state index contributed by atoms with van der Waals surface area (Å²) in [5.74, 6) is -1.00. The van der Waals surface area contributed by atoms with E-state index in [0.29, 0.717) is 12.8 Å². The molecule has 1 heterocycles. The highest BCUT2D eigenvalue weighted by Gasteiger charge is 2.46. The molecule has 1 fully saturated rings. The molecular formula is C12H23NO5S. The highest BCUT2D eigenvalue weighted by molar-refractivity contribution is 7.89. The van der Waals surface area contributed by atoms with Crippen molar-refractivity contribution in [3.8, 4) is 0 Å². The molecule has 0 aromatic rings. The van der Waals surface area contributed by atoms with E-state index in [1.54, 1.807) is 6.92 Å². The lowest BCUT2D eigenvalue weighted by Crippen LogP contribution is -2.38. The molecule has 1 saturated heterocycles. The van der Waals surface area contributed by atoms with Crippen LogP contribution < -0.4 is 0 Å². The molecule has 0 bridgehead atoms. The lowest BCUT2D eigenvalue weighted by molar-refractivity contribution is -0.148. The summed E-state index contributed by atoms with van der Waals surface area (Å²) in [5, 5.41) is 9.25. The first-order valence-corrected chi connectivity index (χ1v) is 8.17. The van der Waals surface area contributed by atoms with Gasteiger partial charge in [0.1, 0.15) is 0 Å². The summed E-state index contributed by atoms with van der Waals surface area (Å²) in [7, 11) is -3.43. The Morgan fingerprint density at radius 3 is 2.53 bits per heavy atom. The number of hydrogen-bond acceptors (Lipinski definition) is 4. The number of hydrogen-bond donors (Lipinski definition) is 1. The van der Waals surface area contributed by atoms with Crippen LogP contribution in [0.2, 0.25) is 0 Å². The van der Waals surface area contributed by atoms with Crippen molar-refractivity contribution in [1.82, 2.24) is 4.31 Å². The highest BCUT2D eigenvalue weighted by atomic mass is 32.2. The second-order valence-electron chi connectivity index (χ2n) is 5.26. The molecule has 19 heavy (non-hydrogen) atoms. The lowest BCUT2D eigenvalue weighted by Gasteiger charge is -2.23. The summed E-state index contributed by atoms with van der Waals surface area (Å²) in [4.78, 5) is 11.3. The van der Waals surface area contributed by atoms with Crippen LogP contribution in [-0.4, -0.2) is 55.4 Å². The number of nitrogens with zero attached hydrogens (tertiary/aromatic N) is 1. The van der Waals surface area contributed by atoms with E-state index in [2.05, 4.69) is 0 Å². The zero-order chi connectivity index (χ0) is 14.7. The fraction of sp³-hybridized carbons (Fsp3) is 0.917. The van der Waals surface area contributed by atoms with E-state index < -0.39 is 21.4 Å². The fourth-order valence-electron chi connectivity index (χ4n) is 2.20. The summed E-state index contributed by atoms with van der Waals surface area (Å²) in [6.45, 7) is 5.96. The number of sulfonamides is 1. The third-order valence-corrected chi connectivity index (χ3v) is 5.42. The van der Waals surface area contributed by atoms with Gasteiger partial charge in [0.2, 0.25) is 10.0 Å². The molecule has 0 spiro atoms. The van der Waals surface area contributed by atoms with Crippen LogP contribution in [-0.2, 0) is 19.6 Å². The smallest absolute Gasteiger partial charge is 0.311 e. The quantitative estimate of drug-likeness (QED) is 0.755. The molecule has 0 amide bonds. The molecule has 112 valence electrons. The maximum absolute atomic E-state index is 12.1. The number of carboxylic acid groups (broad SMARTS) is 1. The van der Waals surface area contributed by atoms with Crippen molar-refractivity contribution in [2.24, 2.45) is 5.41 Å². The Kier molecular flexibility index (Phi) is 5.34. The van der Waals surface area contributed by atoms with E-state index >= 15 is 0 Å². The number of aliphatic carboxylic acids is 1. The number of carboxylic acids is 1. The molecule has 1 aliphatic rings. The lowest BCUT2D eigenvalue weighted by atomic mass is 9.85. The molecule has 1 unspecified atom stereocenters. The third kappa shape index (κ3) is 3.90. The van der Waals surface area contributed by atoms with E-state index in [-0.39, 0.29) is 31.6 Å². The zero-order valence-corrected chi connectivity index (χ0v) is 12.6. The van der Waals surface area contributed by atoms with Gasteiger partial charge in [-0.05, 0) is 26.7 Å². The summed E-state index contributed by atoms with van der Waals surface area (Å²) < 4.78 is 30.7. The summed E-state index contributed by atoms with van der Waals surface area (Å²) >= 11 is 0. The first-order chi connectivity index (χ1) is 8.73. The van der Waals surface area contributed by atoms with E-state index in [4.69, 9.17) is 4.74 Å². The van der Waals surface area contributed by atoms with Crippen molar-refractivity contribution < 1.29 is 23.1 Å². The van der Waals surface area contributed by atoms with Gasteiger partial charge in [-0.1, -0.05) is 6.92 Å². The molecule has 0 saturated carbocycles. The first kappa shape index (κ1) is 16.4. The minimum absolute atomic E-state index is 0.0115. The second-order valence-corrected chi connectivity index (χ2v) is 7.35. The van der Waals surface area contributed by atoms with E-state index in [1.807, 2.05) is 13.8 Å². The largest absolute Gasteiger partial charge is 0.481 e. The van der Waals surface area contributed by atoms with Crippen molar-refractivity contribution >= 4 is 16.0 Å². The van der Waals surface area contributed by atoms with E-state index in [1.165, 1.54) is 4.31 Å². The monoisotopic (exact) mass is 293 g/mol. The number of ether oxygens (including phenoxy) is 1. The normalized spacial score (nSPS) is 25.1. The van der Waals surface area contributed by atoms with Gasteiger partial charge in [0.15, 0.2) is 0 Å². The van der Waals surface area contributed by atoms with E-state index in [0.717, 1.165) is 0 Å². The van der Waals surface area contributed by atoms with Crippen molar-refractivity contribution in [1.29, 1.82) is 0 Å². The van der Waals surface area contributed by atoms with Crippen LogP contribution in [0.4, 0.5) is 0 Å². The average molecular weight is 293 g/mol. The molecule has 0 aliphatic carbocycles. The minimum atomic E-state index is -3.43. The summed E-state index contributed by atoms with van der Waals surface area (Å²) in [5.41, 5.74) is -0.925. The molecule has 0 aromatic heterocycles. The molecule has 1 N–H and O–H groups in total. The van der Waals surface area contributed by atoms with Crippen molar-refractivity contribution in [3.05, 3.63) is 0 Å². The first-order valence-electron chi connectivity index (χ1n) is 6.56. The van der Waals surface area contributed by atoms with Gasteiger partial charge in [0.25, 0.3) is 0 Å². The SMILES string of the molecule is CCC1(C(=O)O)CCN(S(=O)(=O)CCOC(C)C)C1. The Morgan fingerprint density at radius 1 is 1.47 bits per heavy atom. The van der Waals surface area contributed by atoms with Crippen molar-refractivity contribution in [2.75, 3.05) is 25.4 Å². The van der Waals surface area contributed by atoms with Gasteiger partial charge in [-0.25, -0.2) is 12.7 Å². The highest BCUT2D eigenvalue weighted by Crippen LogP contribution is 2.35. The van der Waals surface area contributed by atoms with Gasteiger partial charge < -0.3 is 9.84 Å². The standard InChI is InChI=1S/C12H23NO5S/c1-4-12(11(14)15)5-6-13(9-12)19(16,17)8-7-18-10(2)3/h10H,4-9H2,1-3H3,(H,14,15). The Bertz CT molecular complexity index is 420. The van der Waals surface area contributed by atoms with Gasteiger partial charge in [0.05, 0.1) is 23.9 Å². The topological polar surface area (TPSA) is 83.9 Å². The van der Waals surface area contributed by atoms with Crippen molar-refractivity contribution in [2.45, 2.75) is 39.7 Å². The predicted octanol–water partition coefficient (Wildman–Crippen LogP) is 0.928. The third-order valence-electron chi connectivity index (χ3n) is 3.64. The average Bonchev–Trinajstić information content (AvgIpc) is 2.74. The minimum Gasteiger partial charge on any atom is -0.481 e. The summed E-state index contributed by atoms with van der Waals surface area (Å²) in [6, 6.07) is 0. The molecule has 6 nitrogen and oxygen atoms in total. The zero-order valence-electron chi connectivity index (χ0n) is 11.8. The van der Waals surface area contributed by atoms with Crippen LogP contribution in [0.15, 0.2) is 0 Å². The fourth-order valence-corrected chi connectivity index (χ4v) is 3.58. The van der Waals surface area contributed by atoms with E-state index in [9.17, 15) is 18.3 Å². The molecule has 0 radical (unpaired) electrons. The molecule has 1 atom stereocenters. The number of carbonyl (C=O) groups is 1. The van der Waals surface area contributed by atoms with Gasteiger partial charge in [-0.15, -0.1) is 0 Å². The van der Waals surface area contributed by atoms with Gasteiger partial charge in [0, 0.05) is 13.1 Å². The van der Waals surface area contributed by atoms with Gasteiger partial charge >= 0.3 is 5.97 Å². The van der Waals surface area contributed by atoms with Crippen LogP contribution in [0.3, 0.4) is 0 Å².